The van der Waals surface area contributed by atoms with Gasteiger partial charge in [-0.25, -0.2) is 9.97 Å². The van der Waals surface area contributed by atoms with E-state index in [1.54, 1.807) is 17.1 Å². The zero-order valence-corrected chi connectivity index (χ0v) is 15.9. The summed E-state index contributed by atoms with van der Waals surface area (Å²) in [6, 6.07) is 6.05. The number of carbonyl (C=O) groups excluding carboxylic acids is 1. The predicted molar refractivity (Wildman–Crippen MR) is 107 cm³/mol. The molecule has 3 heterocycles. The van der Waals surface area contributed by atoms with Crippen molar-refractivity contribution in [2.24, 2.45) is 30.5 Å². The Morgan fingerprint density at radius 2 is 2.00 bits per heavy atom. The van der Waals surface area contributed by atoms with Crippen molar-refractivity contribution in [2.45, 2.75) is 31.7 Å². The number of amides is 1. The summed E-state index contributed by atoms with van der Waals surface area (Å²) in [4.78, 5) is 22.1. The molecule has 28 heavy (non-hydrogen) atoms. The average molecular weight is 376 g/mol. The number of nitrogens with one attached hydrogen (secondary N) is 1. The summed E-state index contributed by atoms with van der Waals surface area (Å²) in [5, 5.41) is 8.18. The van der Waals surface area contributed by atoms with E-state index in [2.05, 4.69) is 15.4 Å². The van der Waals surface area contributed by atoms with Crippen molar-refractivity contribution >= 4 is 22.6 Å². The Hall–Kier alpha value is -2.80. The van der Waals surface area contributed by atoms with Crippen LogP contribution < -0.4 is 11.1 Å². The quantitative estimate of drug-likeness (QED) is 0.732. The lowest BCUT2D eigenvalue weighted by Gasteiger charge is -2.32. The Kier molecular flexibility index (Phi) is 4.12. The van der Waals surface area contributed by atoms with Crippen LogP contribution in [0.25, 0.3) is 22.2 Å². The second kappa shape index (κ2) is 6.67. The zero-order valence-electron chi connectivity index (χ0n) is 15.9. The highest BCUT2D eigenvalue weighted by molar-refractivity contribution is 5.94. The third kappa shape index (κ3) is 3.05. The molecule has 1 amide bonds. The number of hydrogen-bond donors (Lipinski definition) is 2. The number of pyridine rings is 2. The number of hydrogen-bond acceptors (Lipinski definition) is 5. The number of aromatic nitrogens is 4. The fourth-order valence-corrected chi connectivity index (χ4v) is 5.01. The van der Waals surface area contributed by atoms with Crippen LogP contribution in [0.2, 0.25) is 0 Å². The number of anilines is 1. The van der Waals surface area contributed by atoms with Crippen molar-refractivity contribution in [3.05, 3.63) is 36.8 Å². The molecule has 5 rings (SSSR count). The molecule has 2 bridgehead atoms. The minimum absolute atomic E-state index is 0.0620. The van der Waals surface area contributed by atoms with Gasteiger partial charge in [-0.1, -0.05) is 0 Å². The van der Waals surface area contributed by atoms with Gasteiger partial charge < -0.3 is 11.1 Å². The highest BCUT2D eigenvalue weighted by Gasteiger charge is 2.45. The minimum Gasteiger partial charge on any atom is -0.328 e. The van der Waals surface area contributed by atoms with E-state index in [1.807, 2.05) is 31.4 Å². The van der Waals surface area contributed by atoms with E-state index in [9.17, 15) is 4.79 Å². The van der Waals surface area contributed by atoms with Crippen molar-refractivity contribution < 1.29 is 4.79 Å². The van der Waals surface area contributed by atoms with Crippen LogP contribution >= 0.6 is 0 Å². The molecule has 0 aromatic carbocycles. The third-order valence-corrected chi connectivity index (χ3v) is 6.26. The smallest absolute Gasteiger partial charge is 0.229 e. The summed E-state index contributed by atoms with van der Waals surface area (Å²) < 4.78 is 1.75. The molecule has 7 nitrogen and oxygen atoms in total. The van der Waals surface area contributed by atoms with Gasteiger partial charge in [0.1, 0.15) is 5.82 Å². The van der Waals surface area contributed by atoms with Crippen molar-refractivity contribution in [3.63, 3.8) is 0 Å². The average Bonchev–Trinajstić information content (AvgIpc) is 3.22. The molecule has 0 aliphatic heterocycles. The Morgan fingerprint density at radius 1 is 1.21 bits per heavy atom. The van der Waals surface area contributed by atoms with Gasteiger partial charge in [0.2, 0.25) is 5.91 Å². The normalized spacial score (nSPS) is 26.5. The van der Waals surface area contributed by atoms with Gasteiger partial charge in [-0.3, -0.25) is 9.48 Å². The monoisotopic (exact) mass is 376 g/mol. The highest BCUT2D eigenvalue weighted by Crippen LogP contribution is 2.46. The third-order valence-electron chi connectivity index (χ3n) is 6.26. The number of rotatable bonds is 3. The van der Waals surface area contributed by atoms with Crippen LogP contribution in [0, 0.1) is 17.8 Å². The lowest BCUT2D eigenvalue weighted by Crippen LogP contribution is -2.40. The maximum Gasteiger partial charge on any atom is 0.229 e. The topological polar surface area (TPSA) is 98.7 Å². The molecule has 0 spiro atoms. The van der Waals surface area contributed by atoms with E-state index in [0.717, 1.165) is 47.8 Å². The van der Waals surface area contributed by atoms with Crippen LogP contribution in [0.5, 0.6) is 0 Å². The summed E-state index contributed by atoms with van der Waals surface area (Å²) in [6.07, 6.45) is 9.61. The Balaban J connectivity index is 1.39. The van der Waals surface area contributed by atoms with Gasteiger partial charge in [0, 0.05) is 48.4 Å². The molecule has 3 aromatic heterocycles. The van der Waals surface area contributed by atoms with Crippen LogP contribution in [0.15, 0.2) is 36.8 Å². The molecule has 2 saturated carbocycles. The van der Waals surface area contributed by atoms with Crippen molar-refractivity contribution in [3.8, 4) is 11.3 Å². The van der Waals surface area contributed by atoms with Crippen LogP contribution in [0.1, 0.15) is 25.7 Å². The number of fused-ring (bicyclic) bond motifs is 3. The fraction of sp³-hybridized carbons (Fsp3) is 0.429. The van der Waals surface area contributed by atoms with Crippen molar-refractivity contribution in [1.29, 1.82) is 0 Å². The molecule has 7 heteroatoms. The van der Waals surface area contributed by atoms with Gasteiger partial charge in [-0.15, -0.1) is 0 Å². The lowest BCUT2D eigenvalue weighted by atomic mass is 9.76. The fourth-order valence-electron chi connectivity index (χ4n) is 5.01. The molecule has 3 N–H and O–H groups in total. The minimum atomic E-state index is 0.0620. The van der Waals surface area contributed by atoms with E-state index in [0.29, 0.717) is 17.7 Å². The molecular weight excluding hydrogens is 352 g/mol. The summed E-state index contributed by atoms with van der Waals surface area (Å²) in [6.45, 7) is 0. The predicted octanol–water partition coefficient (Wildman–Crippen LogP) is 2.73. The summed E-state index contributed by atoms with van der Waals surface area (Å²) in [7, 11) is 1.88. The molecule has 2 unspecified atom stereocenters. The van der Waals surface area contributed by atoms with Gasteiger partial charge in [-0.2, -0.15) is 5.10 Å². The number of nitrogens with zero attached hydrogens (tertiary/aromatic N) is 4. The van der Waals surface area contributed by atoms with E-state index in [1.165, 1.54) is 0 Å². The van der Waals surface area contributed by atoms with Crippen molar-refractivity contribution in [1.82, 2.24) is 19.7 Å². The number of aryl methyl sites for hydroxylation is 1. The summed E-state index contributed by atoms with van der Waals surface area (Å²) in [5.74, 6) is 1.51. The number of carbonyl (C=O) groups is 1. The zero-order chi connectivity index (χ0) is 19.3. The maximum atomic E-state index is 12.9. The Bertz CT molecular complexity index is 1030. The van der Waals surface area contributed by atoms with E-state index < -0.39 is 0 Å². The summed E-state index contributed by atoms with van der Waals surface area (Å²) in [5.41, 5.74) is 8.75. The van der Waals surface area contributed by atoms with Crippen LogP contribution in [0.3, 0.4) is 0 Å². The Labute approximate surface area is 163 Å². The van der Waals surface area contributed by atoms with Gasteiger partial charge >= 0.3 is 0 Å². The molecule has 2 fully saturated rings. The first-order valence-electron chi connectivity index (χ1n) is 9.89. The maximum absolute atomic E-state index is 12.9. The highest BCUT2D eigenvalue weighted by atomic mass is 16.2. The van der Waals surface area contributed by atoms with Crippen molar-refractivity contribution in [2.75, 3.05) is 5.32 Å². The number of nitrogens with two attached hydrogens (primary N) is 1. The first kappa shape index (κ1) is 17.3. The SMILES string of the molecule is Cn1cc(-c2ccc3cnc(NC(=O)C4C5CC[C@@H]4C[C@@H](N)C5)cc3n2)cn1. The second-order valence-electron chi connectivity index (χ2n) is 8.21. The van der Waals surface area contributed by atoms with E-state index >= 15 is 0 Å². The van der Waals surface area contributed by atoms with Gasteiger partial charge in [-0.05, 0) is 49.7 Å². The molecule has 3 aromatic rings. The Morgan fingerprint density at radius 3 is 2.71 bits per heavy atom. The second-order valence-corrected chi connectivity index (χ2v) is 8.21. The van der Waals surface area contributed by atoms with Crippen LogP contribution in [0.4, 0.5) is 5.82 Å². The standard InChI is InChI=1S/C21H24N6O/c1-27-11-15(10-24-27)17-5-4-14-9-23-19(8-18(14)25-17)26-21(28)20-12-2-3-13(20)7-16(22)6-12/h4-5,8-13,16,20H,2-3,6-7,22H2,1H3,(H,23,26,28)/t12-,13?,16-,20?/m1/s1. The summed E-state index contributed by atoms with van der Waals surface area (Å²) >= 11 is 0. The van der Waals surface area contributed by atoms with Gasteiger partial charge in [0.15, 0.2) is 0 Å². The van der Waals surface area contributed by atoms with Crippen LogP contribution in [-0.2, 0) is 11.8 Å². The van der Waals surface area contributed by atoms with E-state index in [4.69, 9.17) is 10.7 Å². The molecule has 144 valence electrons. The first-order valence-corrected chi connectivity index (χ1v) is 9.89. The molecule has 4 atom stereocenters. The molecular formula is C21H24N6O. The molecule has 0 saturated heterocycles. The molecule has 2 aliphatic rings. The van der Waals surface area contributed by atoms with Gasteiger partial charge in [0.05, 0.1) is 17.4 Å². The molecule has 0 radical (unpaired) electrons. The van der Waals surface area contributed by atoms with Crippen LogP contribution in [-0.4, -0.2) is 31.7 Å². The lowest BCUT2D eigenvalue weighted by molar-refractivity contribution is -0.123. The van der Waals surface area contributed by atoms with Gasteiger partial charge in [0.25, 0.3) is 0 Å². The van der Waals surface area contributed by atoms with E-state index in [-0.39, 0.29) is 17.9 Å². The largest absolute Gasteiger partial charge is 0.328 e. The molecule has 2 aliphatic carbocycles. The first-order chi connectivity index (χ1) is 13.6.